The summed E-state index contributed by atoms with van der Waals surface area (Å²) in [4.78, 5) is 12.7. The summed E-state index contributed by atoms with van der Waals surface area (Å²) in [7, 11) is 0. The molecule has 226 valence electrons. The topological polar surface area (TPSA) is 236 Å². The van der Waals surface area contributed by atoms with E-state index in [1.807, 2.05) is 0 Å². The number of ether oxygens (including phenoxy) is 4. The normalized spacial score (nSPS) is 33.8. The van der Waals surface area contributed by atoms with Crippen LogP contribution in [0.3, 0.4) is 0 Å². The minimum atomic E-state index is -1.77. The molecular weight excluding hydrogens is 548 g/mol. The second-order valence-electron chi connectivity index (χ2n) is 10.0. The van der Waals surface area contributed by atoms with Gasteiger partial charge in [0, 0.05) is 18.6 Å². The summed E-state index contributed by atoms with van der Waals surface area (Å²) in [5.74, 6) is -2.00. The zero-order valence-corrected chi connectivity index (χ0v) is 21.9. The van der Waals surface area contributed by atoms with E-state index in [1.165, 1.54) is 19.1 Å². The third-order valence-corrected chi connectivity index (χ3v) is 7.10. The van der Waals surface area contributed by atoms with Gasteiger partial charge in [0.25, 0.3) is 0 Å². The highest BCUT2D eigenvalue weighted by Crippen LogP contribution is 2.36. The second kappa shape index (κ2) is 12.9. The summed E-state index contributed by atoms with van der Waals surface area (Å²) >= 11 is 0. The predicted molar refractivity (Wildman–Crippen MR) is 136 cm³/mol. The minimum absolute atomic E-state index is 0.0706. The Bertz CT molecular complexity index is 1170. The first kappa shape index (κ1) is 30.9. The van der Waals surface area contributed by atoms with Gasteiger partial charge in [-0.15, -0.1) is 0 Å². The van der Waals surface area contributed by atoms with Crippen molar-refractivity contribution in [3.8, 4) is 23.0 Å². The first-order valence-corrected chi connectivity index (χ1v) is 12.9. The van der Waals surface area contributed by atoms with E-state index in [4.69, 9.17) is 18.9 Å². The Balaban J connectivity index is 1.52. The van der Waals surface area contributed by atoms with Crippen LogP contribution in [0, 0.1) is 0 Å². The predicted octanol–water partition coefficient (Wildman–Crippen LogP) is -1.35. The van der Waals surface area contributed by atoms with E-state index < -0.39 is 85.3 Å². The second-order valence-corrected chi connectivity index (χ2v) is 10.0. The van der Waals surface area contributed by atoms with E-state index in [1.54, 1.807) is 12.1 Å². The average Bonchev–Trinajstić information content (AvgIpc) is 2.93. The van der Waals surface area contributed by atoms with E-state index in [0.29, 0.717) is 0 Å². The standard InChI is InChI=1S/C27H34O14/c1-11-20(33)22(35)24(37)26(38-11)41-25-23(36)21(34)18(10-28)40-27(25)39-14-8-16(31)19(17(32)9-14)15(30)7-4-12-2-5-13(29)6-3-12/h2-3,5-6,8-9,11,18,20-29,31-37H,4,7,10H2,1H3/t11?,18?,20-,21-,22?,23?,24?,25-,26-,27?/m0/s1. The van der Waals surface area contributed by atoms with Gasteiger partial charge in [0.1, 0.15) is 65.2 Å². The van der Waals surface area contributed by atoms with Crippen LogP contribution in [-0.2, 0) is 20.6 Å². The molecule has 0 aromatic heterocycles. The number of hydrogen-bond donors (Lipinski definition) is 9. The number of aromatic hydroxyl groups is 3. The lowest BCUT2D eigenvalue weighted by Gasteiger charge is -2.45. The van der Waals surface area contributed by atoms with Crippen LogP contribution in [0.1, 0.15) is 29.3 Å². The zero-order valence-electron chi connectivity index (χ0n) is 21.9. The van der Waals surface area contributed by atoms with Gasteiger partial charge >= 0.3 is 0 Å². The molecule has 0 spiro atoms. The molecule has 10 atom stereocenters. The maximum absolute atomic E-state index is 12.7. The Hall–Kier alpha value is -3.05. The smallest absolute Gasteiger partial charge is 0.229 e. The number of aliphatic hydroxyl groups is 6. The largest absolute Gasteiger partial charge is 0.508 e. The molecule has 2 fully saturated rings. The Morgan fingerprint density at radius 2 is 1.46 bits per heavy atom. The van der Waals surface area contributed by atoms with Crippen molar-refractivity contribution in [3.05, 3.63) is 47.5 Å². The monoisotopic (exact) mass is 582 g/mol. The fraction of sp³-hybridized carbons (Fsp3) is 0.519. The summed E-state index contributed by atoms with van der Waals surface area (Å²) in [5, 5.41) is 91.5. The number of aliphatic hydroxyl groups excluding tert-OH is 6. The van der Waals surface area contributed by atoms with Crippen LogP contribution >= 0.6 is 0 Å². The molecular formula is C27H34O14. The maximum Gasteiger partial charge on any atom is 0.229 e. The van der Waals surface area contributed by atoms with E-state index in [0.717, 1.165) is 17.7 Å². The lowest BCUT2D eigenvalue weighted by Crippen LogP contribution is -2.64. The molecule has 0 aliphatic carbocycles. The molecule has 14 nitrogen and oxygen atoms in total. The summed E-state index contributed by atoms with van der Waals surface area (Å²) < 4.78 is 22.2. The van der Waals surface area contributed by atoms with E-state index in [-0.39, 0.29) is 29.9 Å². The Kier molecular flexibility index (Phi) is 9.69. The lowest BCUT2D eigenvalue weighted by molar-refractivity contribution is -0.354. The number of Topliss-reactive ketones (excluding diaryl/α,β-unsaturated/α-hetero) is 1. The first-order valence-electron chi connectivity index (χ1n) is 12.9. The van der Waals surface area contributed by atoms with E-state index >= 15 is 0 Å². The molecule has 0 bridgehead atoms. The van der Waals surface area contributed by atoms with Gasteiger partial charge in [-0.1, -0.05) is 12.1 Å². The van der Waals surface area contributed by atoms with Crippen molar-refractivity contribution in [2.24, 2.45) is 0 Å². The number of benzene rings is 2. The number of hydrogen-bond acceptors (Lipinski definition) is 14. The van der Waals surface area contributed by atoms with Crippen LogP contribution in [0.4, 0.5) is 0 Å². The number of carbonyl (C=O) groups excluding carboxylic acids is 1. The van der Waals surface area contributed by atoms with Crippen LogP contribution in [-0.4, -0.2) is 120 Å². The summed E-state index contributed by atoms with van der Waals surface area (Å²) in [5.41, 5.74) is 0.385. The summed E-state index contributed by atoms with van der Waals surface area (Å²) in [6, 6.07) is 8.22. The highest BCUT2D eigenvalue weighted by atomic mass is 16.8. The van der Waals surface area contributed by atoms with Crippen molar-refractivity contribution in [1.29, 1.82) is 0 Å². The molecule has 2 saturated heterocycles. The molecule has 2 aromatic carbocycles. The Morgan fingerprint density at radius 1 is 0.829 bits per heavy atom. The van der Waals surface area contributed by atoms with Crippen LogP contribution in [0.2, 0.25) is 0 Å². The van der Waals surface area contributed by atoms with Crippen LogP contribution in [0.15, 0.2) is 36.4 Å². The van der Waals surface area contributed by atoms with Gasteiger partial charge in [0.15, 0.2) is 18.2 Å². The molecule has 2 heterocycles. The van der Waals surface area contributed by atoms with Crippen molar-refractivity contribution >= 4 is 5.78 Å². The highest BCUT2D eigenvalue weighted by molar-refractivity contribution is 6.01. The zero-order chi connectivity index (χ0) is 30.0. The van der Waals surface area contributed by atoms with Gasteiger partial charge < -0.3 is 64.9 Å². The summed E-state index contributed by atoms with van der Waals surface area (Å²) in [6.07, 6.45) is -15.3. The number of aryl methyl sites for hydroxylation is 1. The molecule has 0 saturated carbocycles. The van der Waals surface area contributed by atoms with Gasteiger partial charge in [-0.2, -0.15) is 0 Å². The number of phenolic OH excluding ortho intramolecular Hbond substituents is 3. The molecule has 41 heavy (non-hydrogen) atoms. The SMILES string of the molecule is CC1O[C@@H](O[C@@H]2C(Oc3cc(O)c(C(=O)CCc4ccc(O)cc4)c(O)c3)OC(CO)[C@H](O)C2O)C(O)C(O)[C@H]1O. The number of phenols is 3. The van der Waals surface area contributed by atoms with Gasteiger partial charge in [-0.3, -0.25) is 4.79 Å². The Labute approximate surface area is 234 Å². The number of rotatable bonds is 9. The van der Waals surface area contributed by atoms with Gasteiger partial charge in [0.05, 0.1) is 12.7 Å². The highest BCUT2D eigenvalue weighted by Gasteiger charge is 2.51. The molecule has 14 heteroatoms. The average molecular weight is 583 g/mol. The van der Waals surface area contributed by atoms with Crippen LogP contribution < -0.4 is 4.74 Å². The number of carbonyl (C=O) groups is 1. The molecule has 9 N–H and O–H groups in total. The molecule has 2 aromatic rings. The molecule has 0 amide bonds. The summed E-state index contributed by atoms with van der Waals surface area (Å²) in [6.45, 7) is 0.675. The van der Waals surface area contributed by atoms with Crippen LogP contribution in [0.25, 0.3) is 0 Å². The quantitative estimate of drug-likeness (QED) is 0.156. The fourth-order valence-corrected chi connectivity index (χ4v) is 4.70. The van der Waals surface area contributed by atoms with Gasteiger partial charge in [-0.25, -0.2) is 0 Å². The lowest BCUT2D eigenvalue weighted by atomic mass is 9.97. The van der Waals surface area contributed by atoms with Gasteiger partial charge in [-0.05, 0) is 31.0 Å². The third-order valence-electron chi connectivity index (χ3n) is 7.10. The first-order chi connectivity index (χ1) is 19.4. The van der Waals surface area contributed by atoms with Crippen molar-refractivity contribution in [2.75, 3.05) is 6.61 Å². The van der Waals surface area contributed by atoms with E-state index in [2.05, 4.69) is 0 Å². The molecule has 0 radical (unpaired) electrons. The Morgan fingerprint density at radius 3 is 2.07 bits per heavy atom. The molecule has 4 rings (SSSR count). The molecule has 6 unspecified atom stereocenters. The number of ketones is 1. The fourth-order valence-electron chi connectivity index (χ4n) is 4.70. The molecule has 2 aliphatic heterocycles. The van der Waals surface area contributed by atoms with Crippen LogP contribution in [0.5, 0.6) is 23.0 Å². The maximum atomic E-state index is 12.7. The van der Waals surface area contributed by atoms with Crippen molar-refractivity contribution in [2.45, 2.75) is 81.2 Å². The van der Waals surface area contributed by atoms with Crippen molar-refractivity contribution in [3.63, 3.8) is 0 Å². The third kappa shape index (κ3) is 6.72. The van der Waals surface area contributed by atoms with Gasteiger partial charge in [0.2, 0.25) is 6.29 Å². The van der Waals surface area contributed by atoms with E-state index in [9.17, 15) is 50.8 Å². The van der Waals surface area contributed by atoms with Crippen molar-refractivity contribution in [1.82, 2.24) is 0 Å². The molecule has 2 aliphatic rings. The van der Waals surface area contributed by atoms with Crippen molar-refractivity contribution < 1.29 is 69.7 Å². The minimum Gasteiger partial charge on any atom is -0.508 e.